The van der Waals surface area contributed by atoms with Gasteiger partial charge in [-0.3, -0.25) is 4.79 Å². The van der Waals surface area contributed by atoms with E-state index in [0.29, 0.717) is 17.9 Å². The Labute approximate surface area is 107 Å². The molecule has 0 aliphatic carbocycles. The van der Waals surface area contributed by atoms with Gasteiger partial charge >= 0.3 is 5.97 Å². The quantitative estimate of drug-likeness (QED) is 0.608. The first-order valence-electron chi connectivity index (χ1n) is 6.07. The van der Waals surface area contributed by atoms with Crippen molar-refractivity contribution in [1.29, 1.82) is 0 Å². The molecule has 4 heteroatoms. The van der Waals surface area contributed by atoms with Crippen LogP contribution in [0.5, 0.6) is 0 Å². The predicted octanol–water partition coefficient (Wildman–Crippen LogP) is 2.33. The number of ether oxygens (including phenoxy) is 1. The van der Waals surface area contributed by atoms with Gasteiger partial charge in [-0.2, -0.15) is 0 Å². The van der Waals surface area contributed by atoms with Crippen molar-refractivity contribution in [3.63, 3.8) is 0 Å². The average molecular weight is 247 g/mol. The summed E-state index contributed by atoms with van der Waals surface area (Å²) in [6.07, 6.45) is 0.583. The van der Waals surface area contributed by atoms with Crippen LogP contribution < -0.4 is 4.90 Å². The molecule has 0 N–H and O–H groups in total. The van der Waals surface area contributed by atoms with Crippen LogP contribution in [0.2, 0.25) is 0 Å². The molecule has 1 aromatic rings. The van der Waals surface area contributed by atoms with E-state index in [9.17, 15) is 9.59 Å². The number of hydrogen-bond acceptors (Lipinski definition) is 3. The molecule has 0 bridgehead atoms. The zero-order valence-corrected chi connectivity index (χ0v) is 10.9. The van der Waals surface area contributed by atoms with Crippen LogP contribution in [0.1, 0.15) is 42.1 Å². The molecular formula is C14H17NO3. The topological polar surface area (TPSA) is 46.6 Å². The van der Waals surface area contributed by atoms with Crippen LogP contribution in [-0.4, -0.2) is 25.5 Å². The molecule has 0 aromatic heterocycles. The Bertz CT molecular complexity index is 494. The lowest BCUT2D eigenvalue weighted by atomic mass is 9.96. The number of esters is 1. The highest BCUT2D eigenvalue weighted by atomic mass is 16.5. The SMILES string of the molecule is COC(=O)c1ccc(C(C)C)c(N2CCC2=O)c1. The molecule has 2 rings (SSSR count). The van der Waals surface area contributed by atoms with Crippen LogP contribution >= 0.6 is 0 Å². The second kappa shape index (κ2) is 4.80. The van der Waals surface area contributed by atoms with Crippen molar-refractivity contribution in [2.24, 2.45) is 0 Å². The van der Waals surface area contributed by atoms with Crippen LogP contribution in [0.15, 0.2) is 18.2 Å². The minimum atomic E-state index is -0.375. The van der Waals surface area contributed by atoms with E-state index in [1.165, 1.54) is 7.11 Å². The van der Waals surface area contributed by atoms with Crippen molar-refractivity contribution in [1.82, 2.24) is 0 Å². The number of carbonyl (C=O) groups is 2. The van der Waals surface area contributed by atoms with Crippen molar-refractivity contribution >= 4 is 17.6 Å². The zero-order valence-electron chi connectivity index (χ0n) is 10.9. The van der Waals surface area contributed by atoms with E-state index in [1.807, 2.05) is 6.07 Å². The summed E-state index contributed by atoms with van der Waals surface area (Å²) in [5.41, 5.74) is 2.40. The third-order valence-electron chi connectivity index (χ3n) is 3.21. The van der Waals surface area contributed by atoms with E-state index in [1.54, 1.807) is 17.0 Å². The molecule has 1 amide bonds. The van der Waals surface area contributed by atoms with Gasteiger partial charge in [0, 0.05) is 18.7 Å². The maximum Gasteiger partial charge on any atom is 0.337 e. The Balaban J connectivity index is 2.44. The van der Waals surface area contributed by atoms with Crippen LogP contribution in [0.3, 0.4) is 0 Å². The smallest absolute Gasteiger partial charge is 0.337 e. The molecule has 0 radical (unpaired) electrons. The summed E-state index contributed by atoms with van der Waals surface area (Å²) < 4.78 is 4.71. The summed E-state index contributed by atoms with van der Waals surface area (Å²) in [6.45, 7) is 4.87. The number of anilines is 1. The maximum atomic E-state index is 11.6. The summed E-state index contributed by atoms with van der Waals surface area (Å²) in [7, 11) is 1.35. The summed E-state index contributed by atoms with van der Waals surface area (Å²) in [5, 5.41) is 0. The van der Waals surface area contributed by atoms with Gasteiger partial charge in [0.1, 0.15) is 0 Å². The fourth-order valence-electron chi connectivity index (χ4n) is 2.08. The zero-order chi connectivity index (χ0) is 13.3. The number of hydrogen-bond donors (Lipinski definition) is 0. The molecule has 18 heavy (non-hydrogen) atoms. The lowest BCUT2D eigenvalue weighted by Crippen LogP contribution is -2.44. The molecule has 1 aromatic carbocycles. The molecule has 0 unspecified atom stereocenters. The monoisotopic (exact) mass is 247 g/mol. The van der Waals surface area contributed by atoms with Crippen LogP contribution in [0.25, 0.3) is 0 Å². The second-order valence-corrected chi connectivity index (χ2v) is 4.72. The number of carbonyl (C=O) groups excluding carboxylic acids is 2. The number of amides is 1. The van der Waals surface area contributed by atoms with Crippen molar-refractivity contribution in [2.75, 3.05) is 18.6 Å². The van der Waals surface area contributed by atoms with Gasteiger partial charge in [0.05, 0.1) is 12.7 Å². The Morgan fingerprint density at radius 1 is 1.39 bits per heavy atom. The van der Waals surface area contributed by atoms with Crippen molar-refractivity contribution in [3.05, 3.63) is 29.3 Å². The molecule has 0 spiro atoms. The van der Waals surface area contributed by atoms with Crippen molar-refractivity contribution < 1.29 is 14.3 Å². The fraction of sp³-hybridized carbons (Fsp3) is 0.429. The Morgan fingerprint density at radius 3 is 2.56 bits per heavy atom. The first kappa shape index (κ1) is 12.6. The van der Waals surface area contributed by atoms with E-state index in [0.717, 1.165) is 17.8 Å². The molecule has 1 aliphatic heterocycles. The minimum absolute atomic E-state index is 0.110. The van der Waals surface area contributed by atoms with Gasteiger partial charge in [-0.05, 0) is 23.6 Å². The van der Waals surface area contributed by atoms with Gasteiger partial charge in [0.15, 0.2) is 0 Å². The molecule has 1 aliphatic rings. The highest BCUT2D eigenvalue weighted by molar-refractivity contribution is 6.01. The molecule has 4 nitrogen and oxygen atoms in total. The summed E-state index contributed by atoms with van der Waals surface area (Å²) >= 11 is 0. The van der Waals surface area contributed by atoms with E-state index in [2.05, 4.69) is 13.8 Å². The lowest BCUT2D eigenvalue weighted by Gasteiger charge is -2.33. The largest absolute Gasteiger partial charge is 0.465 e. The van der Waals surface area contributed by atoms with Gasteiger partial charge in [0.2, 0.25) is 5.91 Å². The summed E-state index contributed by atoms with van der Waals surface area (Å²) in [5.74, 6) is 0.0403. The Morgan fingerprint density at radius 2 is 2.11 bits per heavy atom. The molecular weight excluding hydrogens is 230 g/mol. The number of benzene rings is 1. The maximum absolute atomic E-state index is 11.6. The molecule has 1 fully saturated rings. The van der Waals surface area contributed by atoms with Gasteiger partial charge in [-0.15, -0.1) is 0 Å². The highest BCUT2D eigenvalue weighted by Crippen LogP contribution is 2.32. The molecule has 1 heterocycles. The van der Waals surface area contributed by atoms with E-state index in [-0.39, 0.29) is 11.9 Å². The van der Waals surface area contributed by atoms with E-state index in [4.69, 9.17) is 4.74 Å². The highest BCUT2D eigenvalue weighted by Gasteiger charge is 2.28. The average Bonchev–Trinajstić information content (AvgIpc) is 2.35. The third-order valence-corrected chi connectivity index (χ3v) is 3.21. The van der Waals surface area contributed by atoms with Gasteiger partial charge < -0.3 is 9.64 Å². The summed E-state index contributed by atoms with van der Waals surface area (Å²) in [6, 6.07) is 5.39. The third kappa shape index (κ3) is 2.10. The predicted molar refractivity (Wildman–Crippen MR) is 68.8 cm³/mol. The number of nitrogens with zero attached hydrogens (tertiary/aromatic N) is 1. The number of rotatable bonds is 3. The van der Waals surface area contributed by atoms with Crippen molar-refractivity contribution in [2.45, 2.75) is 26.2 Å². The van der Waals surface area contributed by atoms with Gasteiger partial charge in [0.25, 0.3) is 0 Å². The van der Waals surface area contributed by atoms with Crippen LogP contribution in [0, 0.1) is 0 Å². The van der Waals surface area contributed by atoms with Crippen molar-refractivity contribution in [3.8, 4) is 0 Å². The molecule has 0 saturated carbocycles. The van der Waals surface area contributed by atoms with Crippen LogP contribution in [-0.2, 0) is 9.53 Å². The molecule has 1 saturated heterocycles. The molecule has 0 atom stereocenters. The van der Waals surface area contributed by atoms with E-state index < -0.39 is 0 Å². The standard InChI is InChI=1S/C14H17NO3/c1-9(2)11-5-4-10(14(17)18-3)8-12(11)15-7-6-13(15)16/h4-5,8-9H,6-7H2,1-3H3. The van der Waals surface area contributed by atoms with Gasteiger partial charge in [-0.25, -0.2) is 4.79 Å². The number of β-lactam (4-membered cyclic amide) rings is 1. The number of methoxy groups -OCH3 is 1. The normalized spacial score (nSPS) is 14.7. The fourth-order valence-corrected chi connectivity index (χ4v) is 2.08. The minimum Gasteiger partial charge on any atom is -0.465 e. The Kier molecular flexibility index (Phi) is 3.36. The van der Waals surface area contributed by atoms with Gasteiger partial charge in [-0.1, -0.05) is 19.9 Å². The summed E-state index contributed by atoms with van der Waals surface area (Å²) in [4.78, 5) is 24.8. The van der Waals surface area contributed by atoms with Crippen LogP contribution in [0.4, 0.5) is 5.69 Å². The van der Waals surface area contributed by atoms with E-state index >= 15 is 0 Å². The molecule has 96 valence electrons. The first-order valence-corrected chi connectivity index (χ1v) is 6.07. The lowest BCUT2D eigenvalue weighted by molar-refractivity contribution is -0.122. The second-order valence-electron chi connectivity index (χ2n) is 4.72. The Hall–Kier alpha value is -1.84. The first-order chi connectivity index (χ1) is 8.54.